The van der Waals surface area contributed by atoms with Crippen molar-refractivity contribution in [1.82, 2.24) is 4.98 Å². The van der Waals surface area contributed by atoms with Crippen LogP contribution in [-0.4, -0.2) is 19.7 Å². The van der Waals surface area contributed by atoms with E-state index in [0.717, 1.165) is 4.88 Å². The van der Waals surface area contributed by atoms with Gasteiger partial charge in [0.15, 0.2) is 4.47 Å². The minimum atomic E-state index is -3.57. The molecular formula is C11H8ClN3O2S2. The second-order valence-corrected chi connectivity index (χ2v) is 7.17. The predicted molar refractivity (Wildman–Crippen MR) is 75.4 cm³/mol. The molecule has 1 aromatic heterocycles. The number of para-hydroxylation sites is 1. The van der Waals surface area contributed by atoms with Crippen molar-refractivity contribution in [1.29, 1.82) is 0 Å². The van der Waals surface area contributed by atoms with Crippen LogP contribution in [0.3, 0.4) is 0 Å². The van der Waals surface area contributed by atoms with Crippen LogP contribution in [0.25, 0.3) is 0 Å². The molecule has 0 amide bonds. The minimum Gasteiger partial charge on any atom is -0.325 e. The van der Waals surface area contributed by atoms with Crippen molar-refractivity contribution in [2.45, 2.75) is 11.4 Å². The average molecular weight is 314 g/mol. The predicted octanol–water partition coefficient (Wildman–Crippen LogP) is 2.53. The van der Waals surface area contributed by atoms with Gasteiger partial charge in [-0.15, -0.1) is 15.7 Å². The molecule has 0 bridgehead atoms. The number of hydrogen-bond donors (Lipinski definition) is 0. The zero-order chi connectivity index (χ0) is 13.5. The number of aromatic nitrogens is 1. The summed E-state index contributed by atoms with van der Waals surface area (Å²) in [6.07, 6.45) is 3.00. The first-order valence-corrected chi connectivity index (χ1v) is 7.96. The normalized spacial score (nSPS) is 16.4. The van der Waals surface area contributed by atoms with Gasteiger partial charge in [-0.3, -0.25) is 0 Å². The van der Waals surface area contributed by atoms with Crippen molar-refractivity contribution in [3.05, 3.63) is 39.8 Å². The third kappa shape index (κ3) is 2.36. The molecule has 2 heterocycles. The van der Waals surface area contributed by atoms with Gasteiger partial charge in [0.1, 0.15) is 11.2 Å². The van der Waals surface area contributed by atoms with Gasteiger partial charge < -0.3 is 4.90 Å². The molecule has 0 atom stereocenters. The van der Waals surface area contributed by atoms with Crippen molar-refractivity contribution in [3.63, 3.8) is 0 Å². The molecule has 5 nitrogen and oxygen atoms in total. The van der Waals surface area contributed by atoms with E-state index in [1.54, 1.807) is 35.4 Å². The molecule has 0 saturated heterocycles. The number of benzene rings is 1. The Morgan fingerprint density at radius 1 is 1.32 bits per heavy atom. The standard InChI is InChI=1S/C11H8ClN3O2S2/c12-11-13-5-8(18-11)6-15-7-14-19(16,17)10-4-2-1-3-9(10)15/h1-5,7H,6H2. The van der Waals surface area contributed by atoms with Gasteiger partial charge in [0.2, 0.25) is 0 Å². The lowest BCUT2D eigenvalue weighted by Crippen LogP contribution is -2.26. The highest BCUT2D eigenvalue weighted by molar-refractivity contribution is 7.90. The molecule has 1 aliphatic heterocycles. The average Bonchev–Trinajstić information content (AvgIpc) is 2.79. The SMILES string of the molecule is O=S1(=O)N=CN(Cc2cnc(Cl)s2)c2ccccc21. The molecule has 8 heteroatoms. The number of anilines is 1. The number of nitrogens with zero attached hydrogens (tertiary/aromatic N) is 3. The molecule has 2 aromatic rings. The number of fused-ring (bicyclic) bond motifs is 1. The fourth-order valence-electron chi connectivity index (χ4n) is 1.80. The summed E-state index contributed by atoms with van der Waals surface area (Å²) in [4.78, 5) is 6.88. The first-order chi connectivity index (χ1) is 9.06. The lowest BCUT2D eigenvalue weighted by Gasteiger charge is -2.24. The molecule has 0 fully saturated rings. The molecule has 0 radical (unpaired) electrons. The summed E-state index contributed by atoms with van der Waals surface area (Å²) in [7, 11) is -3.57. The summed E-state index contributed by atoms with van der Waals surface area (Å²) in [5, 5.41) is 0. The van der Waals surface area contributed by atoms with E-state index < -0.39 is 10.0 Å². The monoisotopic (exact) mass is 313 g/mol. The van der Waals surface area contributed by atoms with Crippen LogP contribution in [0.2, 0.25) is 4.47 Å². The number of hydrogen-bond acceptors (Lipinski definition) is 5. The van der Waals surface area contributed by atoms with Gasteiger partial charge >= 0.3 is 0 Å². The minimum absolute atomic E-state index is 0.216. The van der Waals surface area contributed by atoms with Crippen molar-refractivity contribution in [2.75, 3.05) is 4.90 Å². The van der Waals surface area contributed by atoms with Gasteiger partial charge in [0.25, 0.3) is 10.0 Å². The van der Waals surface area contributed by atoms with E-state index in [4.69, 9.17) is 11.6 Å². The topological polar surface area (TPSA) is 62.6 Å². The summed E-state index contributed by atoms with van der Waals surface area (Å²) < 4.78 is 27.7. The van der Waals surface area contributed by atoms with E-state index >= 15 is 0 Å². The van der Waals surface area contributed by atoms with E-state index in [2.05, 4.69) is 9.38 Å². The van der Waals surface area contributed by atoms with Crippen LogP contribution < -0.4 is 4.90 Å². The largest absolute Gasteiger partial charge is 0.325 e. The fourth-order valence-corrected chi connectivity index (χ4v) is 3.83. The smallest absolute Gasteiger partial charge is 0.285 e. The Balaban J connectivity index is 2.01. The molecule has 98 valence electrons. The zero-order valence-electron chi connectivity index (χ0n) is 9.52. The summed E-state index contributed by atoms with van der Waals surface area (Å²) >= 11 is 7.14. The fraction of sp³-hybridized carbons (Fsp3) is 0.0909. The molecule has 0 spiro atoms. The molecule has 1 aromatic carbocycles. The molecule has 0 aliphatic carbocycles. The maximum absolute atomic E-state index is 11.8. The summed E-state index contributed by atoms with van der Waals surface area (Å²) in [6.45, 7) is 0.487. The van der Waals surface area contributed by atoms with E-state index in [9.17, 15) is 8.42 Å². The Labute approximate surface area is 119 Å². The van der Waals surface area contributed by atoms with Gasteiger partial charge in [0, 0.05) is 11.1 Å². The number of sulfonamides is 1. The van der Waals surface area contributed by atoms with Gasteiger partial charge in [-0.25, -0.2) is 4.98 Å². The number of halogens is 1. The van der Waals surface area contributed by atoms with Gasteiger partial charge in [-0.1, -0.05) is 23.7 Å². The first-order valence-electron chi connectivity index (χ1n) is 5.32. The summed E-state index contributed by atoms with van der Waals surface area (Å²) in [6, 6.07) is 6.77. The van der Waals surface area contributed by atoms with Crippen molar-refractivity contribution in [2.24, 2.45) is 4.40 Å². The van der Waals surface area contributed by atoms with Crippen LogP contribution in [-0.2, 0) is 16.6 Å². The van der Waals surface area contributed by atoms with Crippen molar-refractivity contribution < 1.29 is 8.42 Å². The molecule has 1 aliphatic rings. The van der Waals surface area contributed by atoms with Crippen LogP contribution in [0.15, 0.2) is 39.8 Å². The molecule has 0 unspecified atom stereocenters. The second kappa shape index (κ2) is 4.59. The maximum Gasteiger partial charge on any atom is 0.285 e. The Hall–Kier alpha value is -1.44. The van der Waals surface area contributed by atoms with Gasteiger partial charge in [-0.05, 0) is 12.1 Å². The van der Waals surface area contributed by atoms with Gasteiger partial charge in [-0.2, -0.15) is 8.42 Å². The maximum atomic E-state index is 11.8. The zero-order valence-corrected chi connectivity index (χ0v) is 11.9. The molecule has 3 rings (SSSR count). The first kappa shape index (κ1) is 12.6. The van der Waals surface area contributed by atoms with Crippen LogP contribution in [0.5, 0.6) is 0 Å². The highest BCUT2D eigenvalue weighted by Gasteiger charge is 2.25. The second-order valence-electron chi connectivity index (χ2n) is 3.87. The van der Waals surface area contributed by atoms with E-state index in [-0.39, 0.29) is 4.90 Å². The van der Waals surface area contributed by atoms with Crippen LogP contribution in [0, 0.1) is 0 Å². The number of thiazole rings is 1. The molecule has 0 N–H and O–H groups in total. The Morgan fingerprint density at radius 2 is 2.11 bits per heavy atom. The summed E-state index contributed by atoms with van der Waals surface area (Å²) in [5.41, 5.74) is 0.613. The van der Waals surface area contributed by atoms with Crippen molar-refractivity contribution in [3.8, 4) is 0 Å². The van der Waals surface area contributed by atoms with Crippen LogP contribution in [0.4, 0.5) is 5.69 Å². The van der Waals surface area contributed by atoms with E-state index in [0.29, 0.717) is 16.7 Å². The van der Waals surface area contributed by atoms with E-state index in [1.807, 2.05) is 0 Å². The highest BCUT2D eigenvalue weighted by Crippen LogP contribution is 2.31. The lowest BCUT2D eigenvalue weighted by molar-refractivity contribution is 0.597. The van der Waals surface area contributed by atoms with Crippen molar-refractivity contribution >= 4 is 45.0 Å². The molecule has 19 heavy (non-hydrogen) atoms. The summed E-state index contributed by atoms with van der Waals surface area (Å²) in [5.74, 6) is 0. The third-order valence-corrected chi connectivity index (χ3v) is 5.00. The molecule has 0 saturated carbocycles. The number of rotatable bonds is 2. The Morgan fingerprint density at radius 3 is 2.84 bits per heavy atom. The Bertz CT molecular complexity index is 755. The van der Waals surface area contributed by atoms with E-state index in [1.165, 1.54) is 17.7 Å². The lowest BCUT2D eigenvalue weighted by atomic mass is 10.3. The molecular weight excluding hydrogens is 306 g/mol. The quantitative estimate of drug-likeness (QED) is 0.854. The third-order valence-electron chi connectivity index (χ3n) is 2.63. The van der Waals surface area contributed by atoms with Gasteiger partial charge in [0.05, 0.1) is 12.2 Å². The van der Waals surface area contributed by atoms with Crippen LogP contribution >= 0.6 is 22.9 Å². The van der Waals surface area contributed by atoms with Crippen LogP contribution in [0.1, 0.15) is 4.88 Å². The Kier molecular flexibility index (Phi) is 3.04. The highest BCUT2D eigenvalue weighted by atomic mass is 35.5.